The van der Waals surface area contributed by atoms with Gasteiger partial charge < -0.3 is 9.47 Å². The summed E-state index contributed by atoms with van der Waals surface area (Å²) in [6.45, 7) is 2.17. The van der Waals surface area contributed by atoms with Gasteiger partial charge in [0.15, 0.2) is 11.5 Å². The van der Waals surface area contributed by atoms with Gasteiger partial charge in [0, 0.05) is 13.6 Å². The molecule has 2 aromatic rings. The van der Waals surface area contributed by atoms with E-state index in [-0.39, 0.29) is 11.4 Å². The molecule has 6 heteroatoms. The molecule has 0 atom stereocenters. The van der Waals surface area contributed by atoms with Crippen LogP contribution in [0.25, 0.3) is 0 Å². The summed E-state index contributed by atoms with van der Waals surface area (Å²) in [5.41, 5.74) is 1.81. The summed E-state index contributed by atoms with van der Waals surface area (Å²) in [4.78, 5) is 0.278. The van der Waals surface area contributed by atoms with Crippen molar-refractivity contribution in [3.8, 4) is 11.5 Å². The minimum absolute atomic E-state index is 0.253. The fourth-order valence-electron chi connectivity index (χ4n) is 2.29. The molecule has 0 aromatic heterocycles. The minimum atomic E-state index is -3.53. The van der Waals surface area contributed by atoms with Crippen LogP contribution in [-0.4, -0.2) is 34.0 Å². The average molecular weight is 335 g/mol. The second kappa shape index (κ2) is 7.02. The summed E-state index contributed by atoms with van der Waals surface area (Å²) >= 11 is 0. The first-order valence-electron chi connectivity index (χ1n) is 7.13. The van der Waals surface area contributed by atoms with Gasteiger partial charge in [-0.3, -0.25) is 0 Å². The summed E-state index contributed by atoms with van der Waals surface area (Å²) in [6.07, 6.45) is 0. The first-order valence-corrected chi connectivity index (χ1v) is 8.57. The van der Waals surface area contributed by atoms with E-state index in [4.69, 9.17) is 9.47 Å². The van der Waals surface area contributed by atoms with E-state index in [0.29, 0.717) is 11.5 Å². The molecule has 2 rings (SSSR count). The van der Waals surface area contributed by atoms with Crippen molar-refractivity contribution < 1.29 is 17.9 Å². The van der Waals surface area contributed by atoms with Crippen molar-refractivity contribution in [2.24, 2.45) is 0 Å². The lowest BCUT2D eigenvalue weighted by Crippen LogP contribution is -2.26. The molecule has 5 nitrogen and oxygen atoms in total. The normalized spacial score (nSPS) is 11.5. The highest BCUT2D eigenvalue weighted by atomic mass is 32.2. The molecule has 124 valence electrons. The molecule has 0 unspecified atom stereocenters. The molecule has 0 aliphatic carbocycles. The van der Waals surface area contributed by atoms with E-state index in [1.807, 2.05) is 19.1 Å². The highest BCUT2D eigenvalue weighted by molar-refractivity contribution is 7.89. The smallest absolute Gasteiger partial charge is 0.243 e. The van der Waals surface area contributed by atoms with E-state index in [9.17, 15) is 8.42 Å². The van der Waals surface area contributed by atoms with Gasteiger partial charge in [0.05, 0.1) is 19.1 Å². The molecule has 0 bridgehead atoms. The largest absolute Gasteiger partial charge is 0.493 e. The number of nitrogens with zero attached hydrogens (tertiary/aromatic N) is 1. The number of hydrogen-bond donors (Lipinski definition) is 0. The van der Waals surface area contributed by atoms with Gasteiger partial charge in [0.25, 0.3) is 0 Å². The molecule has 2 aromatic carbocycles. The Hall–Kier alpha value is -2.05. The SMILES string of the molecule is COc1cc(C)c(CN(C)S(=O)(=O)c2ccccc2)cc1OC. The van der Waals surface area contributed by atoms with Crippen molar-refractivity contribution >= 4 is 10.0 Å². The van der Waals surface area contributed by atoms with Gasteiger partial charge in [0.2, 0.25) is 10.0 Å². The van der Waals surface area contributed by atoms with Crippen LogP contribution in [0.5, 0.6) is 11.5 Å². The molecule has 0 spiro atoms. The predicted molar refractivity (Wildman–Crippen MR) is 89.4 cm³/mol. The Labute approximate surface area is 137 Å². The highest BCUT2D eigenvalue weighted by Gasteiger charge is 2.21. The molecule has 0 radical (unpaired) electrons. The van der Waals surface area contributed by atoms with Crippen molar-refractivity contribution in [2.45, 2.75) is 18.4 Å². The molecule has 0 aliphatic heterocycles. The van der Waals surface area contributed by atoms with Crippen LogP contribution in [0.3, 0.4) is 0 Å². The second-order valence-corrected chi connectivity index (χ2v) is 7.25. The third kappa shape index (κ3) is 3.65. The van der Waals surface area contributed by atoms with Crippen LogP contribution >= 0.6 is 0 Å². The van der Waals surface area contributed by atoms with Gasteiger partial charge >= 0.3 is 0 Å². The monoisotopic (exact) mass is 335 g/mol. The zero-order chi connectivity index (χ0) is 17.0. The highest BCUT2D eigenvalue weighted by Crippen LogP contribution is 2.31. The zero-order valence-corrected chi connectivity index (χ0v) is 14.6. The van der Waals surface area contributed by atoms with Gasteiger partial charge in [-0.05, 0) is 42.3 Å². The molecule has 0 saturated carbocycles. The Balaban J connectivity index is 2.32. The quantitative estimate of drug-likeness (QED) is 0.814. The standard InChI is InChI=1S/C17H21NO4S/c1-13-10-16(21-3)17(22-4)11-14(13)12-18(2)23(19,20)15-8-6-5-7-9-15/h5-11H,12H2,1-4H3. The number of hydrogen-bond acceptors (Lipinski definition) is 4. The lowest BCUT2D eigenvalue weighted by Gasteiger charge is -2.19. The number of methoxy groups -OCH3 is 2. The van der Waals surface area contributed by atoms with Crippen molar-refractivity contribution in [1.29, 1.82) is 0 Å². The molecular weight excluding hydrogens is 314 g/mol. The molecule has 0 amide bonds. The Morgan fingerprint density at radius 3 is 2.13 bits per heavy atom. The van der Waals surface area contributed by atoms with E-state index in [1.165, 1.54) is 4.31 Å². The summed E-state index contributed by atoms with van der Waals surface area (Å²) in [5, 5.41) is 0. The summed E-state index contributed by atoms with van der Waals surface area (Å²) in [6, 6.07) is 12.0. The van der Waals surface area contributed by atoms with Crippen LogP contribution in [0.1, 0.15) is 11.1 Å². The summed E-state index contributed by atoms with van der Waals surface area (Å²) < 4.78 is 37.1. The van der Waals surface area contributed by atoms with E-state index < -0.39 is 10.0 Å². The fourth-order valence-corrected chi connectivity index (χ4v) is 3.46. The van der Waals surface area contributed by atoms with E-state index >= 15 is 0 Å². The summed E-state index contributed by atoms with van der Waals surface area (Å²) in [5.74, 6) is 1.21. The van der Waals surface area contributed by atoms with Crippen LogP contribution in [0.15, 0.2) is 47.4 Å². The van der Waals surface area contributed by atoms with Crippen molar-refractivity contribution in [2.75, 3.05) is 21.3 Å². The third-order valence-corrected chi connectivity index (χ3v) is 5.50. The van der Waals surface area contributed by atoms with Gasteiger partial charge in [-0.1, -0.05) is 18.2 Å². The average Bonchev–Trinajstić information content (AvgIpc) is 2.56. The molecule has 0 aliphatic rings. The van der Waals surface area contributed by atoms with Gasteiger partial charge in [0.1, 0.15) is 0 Å². The molecule has 0 heterocycles. The molecule has 0 N–H and O–H groups in total. The van der Waals surface area contributed by atoms with Gasteiger partial charge in [-0.2, -0.15) is 4.31 Å². The maximum absolute atomic E-state index is 12.6. The van der Waals surface area contributed by atoms with Crippen molar-refractivity contribution in [3.05, 3.63) is 53.6 Å². The van der Waals surface area contributed by atoms with Crippen molar-refractivity contribution in [3.63, 3.8) is 0 Å². The Morgan fingerprint density at radius 1 is 1.00 bits per heavy atom. The zero-order valence-electron chi connectivity index (χ0n) is 13.7. The lowest BCUT2D eigenvalue weighted by atomic mass is 10.1. The van der Waals surface area contributed by atoms with Crippen LogP contribution in [0, 0.1) is 6.92 Å². The second-order valence-electron chi connectivity index (χ2n) is 5.21. The number of rotatable bonds is 6. The minimum Gasteiger partial charge on any atom is -0.493 e. The lowest BCUT2D eigenvalue weighted by molar-refractivity contribution is 0.353. The van der Waals surface area contributed by atoms with E-state index in [2.05, 4.69) is 0 Å². The third-order valence-electron chi connectivity index (χ3n) is 3.69. The molecule has 0 fully saturated rings. The first-order chi connectivity index (χ1) is 10.9. The maximum Gasteiger partial charge on any atom is 0.243 e. The van der Waals surface area contributed by atoms with E-state index in [1.54, 1.807) is 51.6 Å². The maximum atomic E-state index is 12.6. The van der Waals surface area contributed by atoms with Gasteiger partial charge in [-0.25, -0.2) is 8.42 Å². The van der Waals surface area contributed by atoms with Crippen LogP contribution in [0.2, 0.25) is 0 Å². The van der Waals surface area contributed by atoms with Crippen LogP contribution < -0.4 is 9.47 Å². The molecule has 23 heavy (non-hydrogen) atoms. The van der Waals surface area contributed by atoms with Crippen LogP contribution in [0.4, 0.5) is 0 Å². The summed E-state index contributed by atoms with van der Waals surface area (Å²) in [7, 11) is 1.17. The predicted octanol–water partition coefficient (Wildman–Crippen LogP) is 2.83. The molecular formula is C17H21NO4S. The Kier molecular flexibility index (Phi) is 5.28. The van der Waals surface area contributed by atoms with Gasteiger partial charge in [-0.15, -0.1) is 0 Å². The van der Waals surface area contributed by atoms with Crippen LogP contribution in [-0.2, 0) is 16.6 Å². The molecule has 0 saturated heterocycles. The number of aryl methyl sites for hydroxylation is 1. The van der Waals surface area contributed by atoms with E-state index in [0.717, 1.165) is 11.1 Å². The number of ether oxygens (including phenoxy) is 2. The topological polar surface area (TPSA) is 55.8 Å². The fraction of sp³-hybridized carbons (Fsp3) is 0.294. The first kappa shape index (κ1) is 17.3. The van der Waals surface area contributed by atoms with Crippen molar-refractivity contribution in [1.82, 2.24) is 4.31 Å². The number of benzene rings is 2. The Morgan fingerprint density at radius 2 is 1.57 bits per heavy atom. The number of sulfonamides is 1. The Bertz CT molecular complexity index is 773.